The van der Waals surface area contributed by atoms with Gasteiger partial charge in [-0.25, -0.2) is 0 Å². The predicted octanol–water partition coefficient (Wildman–Crippen LogP) is 3.38. The number of carbonyl (C=O) groups excluding carboxylic acids is 1. The number of benzene rings is 1. The number of amides is 1. The van der Waals surface area contributed by atoms with Crippen LogP contribution in [0.2, 0.25) is 0 Å². The van der Waals surface area contributed by atoms with E-state index in [-0.39, 0.29) is 11.8 Å². The van der Waals surface area contributed by atoms with Crippen LogP contribution in [0.4, 0.5) is 0 Å². The number of pyridine rings is 1. The second kappa shape index (κ2) is 10.2. The molecular weight excluding hydrogens is 372 g/mol. The van der Waals surface area contributed by atoms with Crippen LogP contribution in [0.3, 0.4) is 0 Å². The van der Waals surface area contributed by atoms with E-state index >= 15 is 0 Å². The molecule has 0 unspecified atom stereocenters. The zero-order chi connectivity index (χ0) is 20.8. The average molecular weight is 407 g/mol. The maximum atomic E-state index is 12.5. The van der Waals surface area contributed by atoms with Crippen molar-refractivity contribution in [1.82, 2.24) is 20.1 Å². The highest BCUT2D eigenvalue weighted by atomic mass is 16.1. The molecule has 0 bridgehead atoms. The van der Waals surface area contributed by atoms with Crippen LogP contribution >= 0.6 is 0 Å². The zero-order valence-electron chi connectivity index (χ0n) is 18.1. The van der Waals surface area contributed by atoms with Crippen LogP contribution in [0.5, 0.6) is 0 Å². The van der Waals surface area contributed by atoms with Crippen LogP contribution in [0, 0.1) is 12.8 Å². The molecule has 1 aromatic carbocycles. The number of carbonyl (C=O) groups is 1. The lowest BCUT2D eigenvalue weighted by Crippen LogP contribution is -2.49. The Bertz CT molecular complexity index is 792. The molecule has 5 heteroatoms. The first-order chi connectivity index (χ1) is 14.7. The minimum atomic E-state index is 0.145. The zero-order valence-corrected chi connectivity index (χ0v) is 18.1. The maximum Gasteiger partial charge on any atom is 0.223 e. The van der Waals surface area contributed by atoms with Gasteiger partial charge in [0.1, 0.15) is 0 Å². The quantitative estimate of drug-likeness (QED) is 0.799. The van der Waals surface area contributed by atoms with E-state index in [2.05, 4.69) is 51.3 Å². The normalized spacial score (nSPS) is 19.6. The number of aromatic nitrogens is 1. The monoisotopic (exact) mass is 406 g/mol. The molecule has 0 radical (unpaired) electrons. The topological polar surface area (TPSA) is 48.5 Å². The molecule has 0 aliphatic carbocycles. The number of aryl methyl sites for hydroxylation is 1. The number of nitrogens with one attached hydrogen (secondary N) is 1. The van der Waals surface area contributed by atoms with Crippen molar-refractivity contribution in [3.63, 3.8) is 0 Å². The number of nitrogens with zero attached hydrogens (tertiary/aromatic N) is 3. The lowest BCUT2D eigenvalue weighted by atomic mass is 9.92. The van der Waals surface area contributed by atoms with Crippen LogP contribution in [0.15, 0.2) is 48.7 Å². The van der Waals surface area contributed by atoms with Crippen LogP contribution in [0.1, 0.15) is 42.5 Å². The number of piperidine rings is 2. The minimum absolute atomic E-state index is 0.145. The Balaban J connectivity index is 1.17. The smallest absolute Gasteiger partial charge is 0.223 e. The van der Waals surface area contributed by atoms with E-state index in [0.717, 1.165) is 38.2 Å². The SMILES string of the molecule is Cc1ccc(CN2CCC(N3CCC(C(=O)NCc4ccccn4)CC3)CC2)cc1. The fraction of sp³-hybridized carbons (Fsp3) is 0.520. The van der Waals surface area contributed by atoms with E-state index < -0.39 is 0 Å². The molecule has 0 saturated carbocycles. The van der Waals surface area contributed by atoms with Gasteiger partial charge in [0.15, 0.2) is 0 Å². The number of likely N-dealkylation sites (tertiary alicyclic amines) is 2. The third-order valence-corrected chi connectivity index (χ3v) is 6.67. The van der Waals surface area contributed by atoms with Gasteiger partial charge in [-0.1, -0.05) is 35.9 Å². The molecule has 2 saturated heterocycles. The summed E-state index contributed by atoms with van der Waals surface area (Å²) in [5.41, 5.74) is 3.66. The Morgan fingerprint density at radius 2 is 1.73 bits per heavy atom. The molecule has 1 aromatic heterocycles. The predicted molar refractivity (Wildman–Crippen MR) is 120 cm³/mol. The Hall–Kier alpha value is -2.24. The molecule has 5 nitrogen and oxygen atoms in total. The van der Waals surface area contributed by atoms with Gasteiger partial charge < -0.3 is 10.2 Å². The molecule has 1 amide bonds. The molecule has 2 fully saturated rings. The van der Waals surface area contributed by atoms with Gasteiger partial charge in [0.2, 0.25) is 5.91 Å². The lowest BCUT2D eigenvalue weighted by Gasteiger charge is -2.41. The molecule has 2 aromatic rings. The second-order valence-corrected chi connectivity index (χ2v) is 8.84. The largest absolute Gasteiger partial charge is 0.350 e. The van der Waals surface area contributed by atoms with Gasteiger partial charge in [-0.2, -0.15) is 0 Å². The molecular formula is C25H34N4O. The van der Waals surface area contributed by atoms with Crippen LogP contribution in [-0.4, -0.2) is 52.9 Å². The average Bonchev–Trinajstić information content (AvgIpc) is 2.80. The van der Waals surface area contributed by atoms with E-state index in [1.807, 2.05) is 18.2 Å². The minimum Gasteiger partial charge on any atom is -0.350 e. The Morgan fingerprint density at radius 3 is 2.40 bits per heavy atom. The molecule has 30 heavy (non-hydrogen) atoms. The third-order valence-electron chi connectivity index (χ3n) is 6.67. The Kier molecular flexibility index (Phi) is 7.13. The second-order valence-electron chi connectivity index (χ2n) is 8.84. The van der Waals surface area contributed by atoms with E-state index in [1.165, 1.54) is 37.1 Å². The highest BCUT2D eigenvalue weighted by molar-refractivity contribution is 5.78. The number of rotatable bonds is 6. The van der Waals surface area contributed by atoms with Gasteiger partial charge >= 0.3 is 0 Å². The summed E-state index contributed by atoms with van der Waals surface area (Å²) >= 11 is 0. The molecule has 0 spiro atoms. The van der Waals surface area contributed by atoms with Gasteiger partial charge in [-0.15, -0.1) is 0 Å². The van der Waals surface area contributed by atoms with Crippen molar-refractivity contribution in [2.24, 2.45) is 5.92 Å². The molecule has 0 atom stereocenters. The van der Waals surface area contributed by atoms with Gasteiger partial charge in [-0.05, 0) is 76.5 Å². The van der Waals surface area contributed by atoms with Crippen molar-refractivity contribution in [3.8, 4) is 0 Å². The van der Waals surface area contributed by atoms with E-state index in [9.17, 15) is 4.79 Å². The lowest BCUT2D eigenvalue weighted by molar-refractivity contribution is -0.126. The standard InChI is InChI=1S/C25H34N4O/c1-20-5-7-21(8-6-20)19-28-14-11-24(12-15-28)29-16-9-22(10-17-29)25(30)27-18-23-4-2-3-13-26-23/h2-8,13,22,24H,9-12,14-19H2,1H3,(H,27,30). The fourth-order valence-corrected chi connectivity index (χ4v) is 4.75. The van der Waals surface area contributed by atoms with E-state index in [1.54, 1.807) is 6.20 Å². The summed E-state index contributed by atoms with van der Waals surface area (Å²) in [6, 6.07) is 15.4. The van der Waals surface area contributed by atoms with Gasteiger partial charge in [-0.3, -0.25) is 14.7 Å². The summed E-state index contributed by atoms with van der Waals surface area (Å²) in [6.07, 6.45) is 6.19. The van der Waals surface area contributed by atoms with Crippen molar-refractivity contribution < 1.29 is 4.79 Å². The first kappa shape index (κ1) is 21.0. The van der Waals surface area contributed by atoms with Crippen molar-refractivity contribution in [2.45, 2.75) is 51.7 Å². The van der Waals surface area contributed by atoms with E-state index in [0.29, 0.717) is 12.6 Å². The Morgan fingerprint density at radius 1 is 1.00 bits per heavy atom. The molecule has 3 heterocycles. The van der Waals surface area contributed by atoms with Crippen molar-refractivity contribution in [3.05, 3.63) is 65.5 Å². The number of hydrogen-bond acceptors (Lipinski definition) is 4. The molecule has 1 N–H and O–H groups in total. The molecule has 160 valence electrons. The fourth-order valence-electron chi connectivity index (χ4n) is 4.75. The van der Waals surface area contributed by atoms with Crippen molar-refractivity contribution in [2.75, 3.05) is 26.2 Å². The maximum absolute atomic E-state index is 12.5. The Labute approximate surface area is 180 Å². The first-order valence-corrected chi connectivity index (χ1v) is 11.4. The highest BCUT2D eigenvalue weighted by Gasteiger charge is 2.30. The highest BCUT2D eigenvalue weighted by Crippen LogP contribution is 2.25. The van der Waals surface area contributed by atoms with Crippen LogP contribution in [0.25, 0.3) is 0 Å². The summed E-state index contributed by atoms with van der Waals surface area (Å²) < 4.78 is 0. The van der Waals surface area contributed by atoms with Gasteiger partial charge in [0, 0.05) is 24.7 Å². The van der Waals surface area contributed by atoms with Gasteiger partial charge in [0.05, 0.1) is 12.2 Å². The summed E-state index contributed by atoms with van der Waals surface area (Å²) in [6.45, 7) is 8.16. The summed E-state index contributed by atoms with van der Waals surface area (Å²) in [7, 11) is 0. The first-order valence-electron chi connectivity index (χ1n) is 11.4. The van der Waals surface area contributed by atoms with Crippen LogP contribution < -0.4 is 5.32 Å². The summed E-state index contributed by atoms with van der Waals surface area (Å²) in [5.74, 6) is 0.333. The summed E-state index contributed by atoms with van der Waals surface area (Å²) in [4.78, 5) is 22.0. The van der Waals surface area contributed by atoms with Gasteiger partial charge in [0.25, 0.3) is 0 Å². The molecule has 2 aliphatic rings. The van der Waals surface area contributed by atoms with Crippen LogP contribution in [-0.2, 0) is 17.9 Å². The van der Waals surface area contributed by atoms with Crippen molar-refractivity contribution in [1.29, 1.82) is 0 Å². The summed E-state index contributed by atoms with van der Waals surface area (Å²) in [5, 5.41) is 3.07. The molecule has 4 rings (SSSR count). The number of hydrogen-bond donors (Lipinski definition) is 1. The van der Waals surface area contributed by atoms with E-state index in [4.69, 9.17) is 0 Å². The van der Waals surface area contributed by atoms with Crippen molar-refractivity contribution >= 4 is 5.91 Å². The third kappa shape index (κ3) is 5.67. The molecule has 2 aliphatic heterocycles.